The van der Waals surface area contributed by atoms with Crippen LogP contribution in [0.4, 0.5) is 4.39 Å². The highest BCUT2D eigenvalue weighted by Crippen LogP contribution is 2.24. The molecule has 5 nitrogen and oxygen atoms in total. The summed E-state index contributed by atoms with van der Waals surface area (Å²) in [5.41, 5.74) is 5.45. The molecule has 0 saturated carbocycles. The quantitative estimate of drug-likeness (QED) is 0.805. The average Bonchev–Trinajstić information content (AvgIpc) is 2.34. The van der Waals surface area contributed by atoms with E-state index in [2.05, 4.69) is 26.2 Å². The molecule has 2 atom stereocenters. The standard InChI is InChI=1S/C11H13BrFN3O2.ClH/c12-10-3-6(11(14)17)9(5-16-10)18-8-1-2-15-4-7(8)13;/h3,5,7-8,15H,1-2,4H2,(H2,14,17);1H/t7-,8+;/m0./s1. The van der Waals surface area contributed by atoms with Crippen LogP contribution in [0.3, 0.4) is 0 Å². The third-order valence-corrected chi connectivity index (χ3v) is 3.16. The van der Waals surface area contributed by atoms with E-state index in [-0.39, 0.29) is 30.3 Å². The number of carbonyl (C=O) groups excluding carboxylic acids is 1. The van der Waals surface area contributed by atoms with Crippen molar-refractivity contribution in [3.63, 3.8) is 0 Å². The summed E-state index contributed by atoms with van der Waals surface area (Å²) in [5, 5.41) is 2.93. The fourth-order valence-corrected chi connectivity index (χ4v) is 2.13. The Morgan fingerprint density at radius 3 is 3.00 bits per heavy atom. The van der Waals surface area contributed by atoms with Crippen LogP contribution in [-0.4, -0.2) is 36.3 Å². The summed E-state index contributed by atoms with van der Waals surface area (Å²) in [6.07, 6.45) is 0.226. The van der Waals surface area contributed by atoms with Crippen molar-refractivity contribution in [2.24, 2.45) is 5.73 Å². The molecule has 8 heteroatoms. The summed E-state index contributed by atoms with van der Waals surface area (Å²) in [6, 6.07) is 1.46. The Morgan fingerprint density at radius 1 is 1.63 bits per heavy atom. The van der Waals surface area contributed by atoms with Gasteiger partial charge < -0.3 is 15.8 Å². The van der Waals surface area contributed by atoms with Gasteiger partial charge in [0.1, 0.15) is 16.9 Å². The van der Waals surface area contributed by atoms with Crippen molar-refractivity contribution in [3.8, 4) is 5.75 Å². The molecule has 1 aliphatic rings. The van der Waals surface area contributed by atoms with Crippen molar-refractivity contribution in [3.05, 3.63) is 22.4 Å². The summed E-state index contributed by atoms with van der Waals surface area (Å²) in [7, 11) is 0. The van der Waals surface area contributed by atoms with E-state index in [1.54, 1.807) is 0 Å². The number of alkyl halides is 1. The zero-order valence-electron chi connectivity index (χ0n) is 9.94. The van der Waals surface area contributed by atoms with Crippen LogP contribution >= 0.6 is 28.3 Å². The van der Waals surface area contributed by atoms with E-state index >= 15 is 0 Å². The lowest BCUT2D eigenvalue weighted by Gasteiger charge is -2.27. The monoisotopic (exact) mass is 353 g/mol. The topological polar surface area (TPSA) is 77.2 Å². The Bertz CT molecular complexity index is 464. The van der Waals surface area contributed by atoms with Crippen molar-refractivity contribution >= 4 is 34.2 Å². The number of primary amides is 1. The van der Waals surface area contributed by atoms with Crippen LogP contribution in [0.15, 0.2) is 16.9 Å². The number of hydrogen-bond acceptors (Lipinski definition) is 4. The number of ether oxygens (including phenoxy) is 1. The van der Waals surface area contributed by atoms with E-state index in [1.165, 1.54) is 12.3 Å². The number of piperidine rings is 1. The first-order valence-electron chi connectivity index (χ1n) is 5.54. The molecule has 3 N–H and O–H groups in total. The first kappa shape index (κ1) is 16.1. The molecule has 0 aliphatic carbocycles. The van der Waals surface area contributed by atoms with Gasteiger partial charge in [-0.3, -0.25) is 4.79 Å². The molecule has 2 rings (SSSR count). The van der Waals surface area contributed by atoms with Crippen LogP contribution < -0.4 is 15.8 Å². The molecule has 0 bridgehead atoms. The Morgan fingerprint density at radius 2 is 2.37 bits per heavy atom. The van der Waals surface area contributed by atoms with Crippen LogP contribution in [0.2, 0.25) is 0 Å². The minimum atomic E-state index is -1.11. The van der Waals surface area contributed by atoms with Gasteiger partial charge in [-0.2, -0.15) is 0 Å². The molecule has 1 saturated heterocycles. The number of hydrogen-bond donors (Lipinski definition) is 2. The van der Waals surface area contributed by atoms with Gasteiger partial charge in [0.2, 0.25) is 0 Å². The third kappa shape index (κ3) is 4.02. The van der Waals surface area contributed by atoms with Gasteiger partial charge in [-0.1, -0.05) is 0 Å². The fraction of sp³-hybridized carbons (Fsp3) is 0.455. The van der Waals surface area contributed by atoms with Crippen LogP contribution in [0.5, 0.6) is 5.75 Å². The predicted octanol–water partition coefficient (Wildman–Crippen LogP) is 1.44. The van der Waals surface area contributed by atoms with E-state index in [9.17, 15) is 9.18 Å². The second kappa shape index (κ2) is 7.02. The van der Waals surface area contributed by atoms with Crippen LogP contribution in [0.1, 0.15) is 16.8 Å². The Hall–Kier alpha value is -0.920. The first-order chi connectivity index (χ1) is 8.58. The van der Waals surface area contributed by atoms with Crippen LogP contribution in [0.25, 0.3) is 0 Å². The number of rotatable bonds is 3. The van der Waals surface area contributed by atoms with Gasteiger partial charge in [-0.15, -0.1) is 12.4 Å². The maximum atomic E-state index is 13.6. The molecule has 1 fully saturated rings. The summed E-state index contributed by atoms with van der Waals surface area (Å²) < 4.78 is 19.6. The number of nitrogens with zero attached hydrogens (tertiary/aromatic N) is 1. The lowest BCUT2D eigenvalue weighted by atomic mass is 10.1. The molecule has 19 heavy (non-hydrogen) atoms. The highest BCUT2D eigenvalue weighted by atomic mass is 79.9. The molecule has 0 unspecified atom stereocenters. The zero-order valence-corrected chi connectivity index (χ0v) is 12.3. The first-order valence-corrected chi connectivity index (χ1v) is 6.34. The SMILES string of the molecule is Cl.NC(=O)c1cc(Br)ncc1O[C@@H]1CCNC[C@@H]1F. The number of nitrogens with one attached hydrogen (secondary N) is 1. The molecule has 106 valence electrons. The summed E-state index contributed by atoms with van der Waals surface area (Å²) >= 11 is 3.14. The molecular weight excluding hydrogens is 340 g/mol. The van der Waals surface area contributed by atoms with Gasteiger partial charge >= 0.3 is 0 Å². The van der Waals surface area contributed by atoms with E-state index in [0.29, 0.717) is 17.6 Å². The number of amides is 1. The number of pyridine rings is 1. The molecule has 0 radical (unpaired) electrons. The van der Waals surface area contributed by atoms with E-state index in [4.69, 9.17) is 10.5 Å². The summed E-state index contributed by atoms with van der Waals surface area (Å²) in [5.74, 6) is -0.405. The van der Waals surface area contributed by atoms with E-state index < -0.39 is 18.2 Å². The third-order valence-electron chi connectivity index (χ3n) is 2.73. The Balaban J connectivity index is 0.00000180. The second-order valence-corrected chi connectivity index (χ2v) is 4.85. The van der Waals surface area contributed by atoms with Crippen molar-refractivity contribution < 1.29 is 13.9 Å². The van der Waals surface area contributed by atoms with Gasteiger partial charge in [0.15, 0.2) is 5.75 Å². The Labute approximate surface area is 124 Å². The largest absolute Gasteiger partial charge is 0.485 e. The van der Waals surface area contributed by atoms with Crippen molar-refractivity contribution in [2.45, 2.75) is 18.7 Å². The maximum absolute atomic E-state index is 13.6. The van der Waals surface area contributed by atoms with Crippen molar-refractivity contribution in [1.29, 1.82) is 0 Å². The van der Waals surface area contributed by atoms with Gasteiger partial charge in [0.05, 0.1) is 11.8 Å². The van der Waals surface area contributed by atoms with E-state index in [1.807, 2.05) is 0 Å². The zero-order chi connectivity index (χ0) is 13.1. The van der Waals surface area contributed by atoms with Crippen molar-refractivity contribution in [1.82, 2.24) is 10.3 Å². The average molecular weight is 355 g/mol. The molecule has 1 aromatic rings. The summed E-state index contributed by atoms with van der Waals surface area (Å²) in [4.78, 5) is 15.2. The highest BCUT2D eigenvalue weighted by Gasteiger charge is 2.27. The molecule has 0 spiro atoms. The second-order valence-electron chi connectivity index (χ2n) is 4.03. The predicted molar refractivity (Wildman–Crippen MR) is 74.5 cm³/mol. The fourth-order valence-electron chi connectivity index (χ4n) is 1.80. The number of carbonyl (C=O) groups is 1. The lowest BCUT2D eigenvalue weighted by Crippen LogP contribution is -2.44. The Kier molecular flexibility index (Phi) is 5.96. The minimum Gasteiger partial charge on any atom is -0.485 e. The number of nitrogens with two attached hydrogens (primary N) is 1. The molecular formula is C11H14BrClFN3O2. The smallest absolute Gasteiger partial charge is 0.252 e. The molecule has 2 heterocycles. The molecule has 1 aromatic heterocycles. The minimum absolute atomic E-state index is 0. The molecule has 0 aromatic carbocycles. The van der Waals surface area contributed by atoms with Gasteiger partial charge in [-0.25, -0.2) is 9.37 Å². The normalized spacial score (nSPS) is 22.4. The van der Waals surface area contributed by atoms with Gasteiger partial charge in [0, 0.05) is 6.54 Å². The maximum Gasteiger partial charge on any atom is 0.252 e. The number of aromatic nitrogens is 1. The lowest BCUT2D eigenvalue weighted by molar-refractivity contribution is 0.0710. The van der Waals surface area contributed by atoms with Crippen LogP contribution in [-0.2, 0) is 0 Å². The molecule has 1 amide bonds. The van der Waals surface area contributed by atoms with Crippen LogP contribution in [0, 0.1) is 0 Å². The van der Waals surface area contributed by atoms with Gasteiger partial charge in [-0.05, 0) is 35.0 Å². The highest BCUT2D eigenvalue weighted by molar-refractivity contribution is 9.10. The van der Waals surface area contributed by atoms with Gasteiger partial charge in [0.25, 0.3) is 5.91 Å². The molecule has 1 aliphatic heterocycles. The number of halogens is 3. The summed E-state index contributed by atoms with van der Waals surface area (Å²) in [6.45, 7) is 0.932. The van der Waals surface area contributed by atoms with Crippen molar-refractivity contribution in [2.75, 3.05) is 13.1 Å². The van der Waals surface area contributed by atoms with E-state index in [0.717, 1.165) is 0 Å².